The van der Waals surface area contributed by atoms with Gasteiger partial charge in [0.05, 0.1) is 13.2 Å². The van der Waals surface area contributed by atoms with E-state index in [9.17, 15) is 5.11 Å². The lowest BCUT2D eigenvalue weighted by atomic mass is 9.97. The molecule has 126 valence electrons. The first-order valence-electron chi connectivity index (χ1n) is 8.59. The number of ether oxygens (including phenoxy) is 1. The van der Waals surface area contributed by atoms with Crippen LogP contribution in [0, 0.1) is 13.8 Å². The van der Waals surface area contributed by atoms with Crippen LogP contribution in [0.25, 0.3) is 0 Å². The second kappa shape index (κ2) is 9.86. The minimum absolute atomic E-state index is 0.431. The fraction of sp³-hybridized carbons (Fsp3) is 0.684. The van der Waals surface area contributed by atoms with Gasteiger partial charge >= 0.3 is 0 Å². The van der Waals surface area contributed by atoms with Crippen LogP contribution >= 0.6 is 0 Å². The first-order valence-corrected chi connectivity index (χ1v) is 8.59. The van der Waals surface area contributed by atoms with Crippen molar-refractivity contribution in [3.8, 4) is 5.75 Å². The van der Waals surface area contributed by atoms with Crippen LogP contribution < -0.4 is 4.74 Å². The molecule has 1 N–H and O–H groups in total. The lowest BCUT2D eigenvalue weighted by Crippen LogP contribution is -2.31. The van der Waals surface area contributed by atoms with Crippen molar-refractivity contribution in [2.24, 2.45) is 0 Å². The Hall–Kier alpha value is -1.06. The highest BCUT2D eigenvalue weighted by Crippen LogP contribution is 2.27. The second-order valence-electron chi connectivity index (χ2n) is 6.20. The first kappa shape index (κ1) is 19.0. The molecule has 0 fully saturated rings. The number of benzene rings is 1. The van der Waals surface area contributed by atoms with Crippen LogP contribution in [0.15, 0.2) is 12.1 Å². The molecule has 0 amide bonds. The standard InChI is InChI=1S/C19H33NO2/c1-6-8-10-20(11-9-7-2)14-18(21)19-15(3)12-17(22-5)13-16(19)4/h12-13,18,21H,6-11,14H2,1-5H3. The molecule has 0 saturated heterocycles. The lowest BCUT2D eigenvalue weighted by molar-refractivity contribution is 0.110. The third-order valence-electron chi connectivity index (χ3n) is 4.22. The zero-order valence-electron chi connectivity index (χ0n) is 15.0. The number of methoxy groups -OCH3 is 1. The molecular weight excluding hydrogens is 274 g/mol. The average molecular weight is 307 g/mol. The number of rotatable bonds is 10. The SMILES string of the molecule is CCCCN(CCCC)CC(O)c1c(C)cc(OC)cc1C. The van der Waals surface area contributed by atoms with E-state index in [1.54, 1.807) is 7.11 Å². The van der Waals surface area contributed by atoms with Gasteiger partial charge < -0.3 is 14.7 Å². The highest BCUT2D eigenvalue weighted by atomic mass is 16.5. The summed E-state index contributed by atoms with van der Waals surface area (Å²) in [4.78, 5) is 2.40. The molecule has 3 heteroatoms. The van der Waals surface area contributed by atoms with Gasteiger partial charge in [-0.25, -0.2) is 0 Å². The van der Waals surface area contributed by atoms with Crippen molar-refractivity contribution >= 4 is 0 Å². The number of aryl methyl sites for hydroxylation is 2. The summed E-state index contributed by atoms with van der Waals surface area (Å²) in [6, 6.07) is 4.02. The quantitative estimate of drug-likeness (QED) is 0.701. The predicted molar refractivity (Wildman–Crippen MR) is 93.7 cm³/mol. The van der Waals surface area contributed by atoms with E-state index in [4.69, 9.17) is 4.74 Å². The Morgan fingerprint density at radius 2 is 1.55 bits per heavy atom. The maximum atomic E-state index is 10.7. The lowest BCUT2D eigenvalue weighted by Gasteiger charge is -2.26. The summed E-state index contributed by atoms with van der Waals surface area (Å²) >= 11 is 0. The molecule has 0 aliphatic carbocycles. The largest absolute Gasteiger partial charge is 0.497 e. The van der Waals surface area contributed by atoms with Crippen LogP contribution in [0.5, 0.6) is 5.75 Å². The van der Waals surface area contributed by atoms with Crippen molar-refractivity contribution in [3.05, 3.63) is 28.8 Å². The monoisotopic (exact) mass is 307 g/mol. The number of aliphatic hydroxyl groups is 1. The van der Waals surface area contributed by atoms with E-state index in [2.05, 4.69) is 32.6 Å². The summed E-state index contributed by atoms with van der Waals surface area (Å²) < 4.78 is 5.31. The molecule has 3 nitrogen and oxygen atoms in total. The van der Waals surface area contributed by atoms with Gasteiger partial charge in [-0.15, -0.1) is 0 Å². The van der Waals surface area contributed by atoms with E-state index in [1.165, 1.54) is 25.7 Å². The first-order chi connectivity index (χ1) is 10.5. The van der Waals surface area contributed by atoms with Crippen molar-refractivity contribution in [2.45, 2.75) is 59.5 Å². The maximum absolute atomic E-state index is 10.7. The van der Waals surface area contributed by atoms with E-state index < -0.39 is 6.10 Å². The molecule has 0 aliphatic rings. The van der Waals surface area contributed by atoms with Crippen molar-refractivity contribution in [1.82, 2.24) is 4.90 Å². The van der Waals surface area contributed by atoms with E-state index in [0.29, 0.717) is 6.54 Å². The van der Waals surface area contributed by atoms with Crippen LogP contribution in [0.2, 0.25) is 0 Å². The molecule has 0 spiro atoms. The highest BCUT2D eigenvalue weighted by Gasteiger charge is 2.18. The molecule has 1 aromatic carbocycles. The van der Waals surface area contributed by atoms with E-state index in [-0.39, 0.29) is 0 Å². The third-order valence-corrected chi connectivity index (χ3v) is 4.22. The van der Waals surface area contributed by atoms with Gasteiger partial charge in [-0.05, 0) is 68.6 Å². The van der Waals surface area contributed by atoms with Gasteiger partial charge in [0.2, 0.25) is 0 Å². The number of aliphatic hydroxyl groups excluding tert-OH is 1. The molecule has 1 aromatic rings. The topological polar surface area (TPSA) is 32.7 Å². The molecule has 0 aromatic heterocycles. The van der Waals surface area contributed by atoms with Crippen molar-refractivity contribution in [3.63, 3.8) is 0 Å². The average Bonchev–Trinajstić information content (AvgIpc) is 2.49. The summed E-state index contributed by atoms with van der Waals surface area (Å²) in [5.41, 5.74) is 3.27. The summed E-state index contributed by atoms with van der Waals surface area (Å²) in [5, 5.41) is 10.7. The number of hydrogen-bond acceptors (Lipinski definition) is 3. The molecule has 1 atom stereocenters. The van der Waals surface area contributed by atoms with Crippen LogP contribution in [0.1, 0.15) is 62.3 Å². The molecule has 1 rings (SSSR count). The van der Waals surface area contributed by atoms with Crippen molar-refractivity contribution in [2.75, 3.05) is 26.7 Å². The number of nitrogens with zero attached hydrogens (tertiary/aromatic N) is 1. The Kier molecular flexibility index (Phi) is 8.51. The van der Waals surface area contributed by atoms with E-state index >= 15 is 0 Å². The summed E-state index contributed by atoms with van der Waals surface area (Å²) in [6.45, 7) is 11.4. The summed E-state index contributed by atoms with van der Waals surface area (Å²) in [5.74, 6) is 0.861. The molecule has 0 radical (unpaired) electrons. The van der Waals surface area contributed by atoms with Crippen LogP contribution in [-0.2, 0) is 0 Å². The third kappa shape index (κ3) is 5.62. The minimum atomic E-state index is -0.431. The molecular formula is C19H33NO2. The van der Waals surface area contributed by atoms with Gasteiger partial charge in [-0.3, -0.25) is 0 Å². The van der Waals surface area contributed by atoms with Gasteiger partial charge in [0.15, 0.2) is 0 Å². The van der Waals surface area contributed by atoms with E-state index in [1.807, 2.05) is 12.1 Å². The predicted octanol–water partition coefficient (Wildman–Crippen LogP) is 4.25. The van der Waals surface area contributed by atoms with Gasteiger partial charge in [-0.1, -0.05) is 26.7 Å². The Morgan fingerprint density at radius 1 is 1.05 bits per heavy atom. The summed E-state index contributed by atoms with van der Waals surface area (Å²) in [6.07, 6.45) is 4.34. The van der Waals surface area contributed by atoms with Gasteiger partial charge in [0.25, 0.3) is 0 Å². The molecule has 0 saturated carbocycles. The Labute approximate surface area is 136 Å². The van der Waals surface area contributed by atoms with Crippen molar-refractivity contribution < 1.29 is 9.84 Å². The second-order valence-corrected chi connectivity index (χ2v) is 6.20. The Bertz CT molecular complexity index is 414. The van der Waals surface area contributed by atoms with Crippen LogP contribution in [-0.4, -0.2) is 36.8 Å². The molecule has 0 aliphatic heterocycles. The minimum Gasteiger partial charge on any atom is -0.497 e. The highest BCUT2D eigenvalue weighted by molar-refractivity contribution is 5.42. The van der Waals surface area contributed by atoms with E-state index in [0.717, 1.165) is 35.5 Å². The van der Waals surface area contributed by atoms with Crippen LogP contribution in [0.3, 0.4) is 0 Å². The Balaban J connectivity index is 2.82. The number of hydrogen-bond donors (Lipinski definition) is 1. The van der Waals surface area contributed by atoms with Crippen LogP contribution in [0.4, 0.5) is 0 Å². The summed E-state index contributed by atoms with van der Waals surface area (Å²) in [7, 11) is 1.68. The van der Waals surface area contributed by atoms with Gasteiger partial charge in [0.1, 0.15) is 5.75 Å². The van der Waals surface area contributed by atoms with Gasteiger partial charge in [0, 0.05) is 6.54 Å². The molecule has 1 unspecified atom stereocenters. The fourth-order valence-corrected chi connectivity index (χ4v) is 2.97. The van der Waals surface area contributed by atoms with Crippen molar-refractivity contribution in [1.29, 1.82) is 0 Å². The molecule has 0 bridgehead atoms. The van der Waals surface area contributed by atoms with Gasteiger partial charge in [-0.2, -0.15) is 0 Å². The maximum Gasteiger partial charge on any atom is 0.119 e. The smallest absolute Gasteiger partial charge is 0.119 e. The zero-order valence-corrected chi connectivity index (χ0v) is 15.0. The molecule has 22 heavy (non-hydrogen) atoms. The number of unbranched alkanes of at least 4 members (excludes halogenated alkanes) is 2. The zero-order chi connectivity index (χ0) is 16.5. The fourth-order valence-electron chi connectivity index (χ4n) is 2.97. The Morgan fingerprint density at radius 3 is 1.95 bits per heavy atom. The molecule has 0 heterocycles. The normalized spacial score (nSPS) is 12.7.